The van der Waals surface area contributed by atoms with Gasteiger partial charge in [0.25, 0.3) is 0 Å². The van der Waals surface area contributed by atoms with E-state index in [1.165, 1.54) is 16.6 Å². The highest BCUT2D eigenvalue weighted by Gasteiger charge is 2.40. The van der Waals surface area contributed by atoms with Gasteiger partial charge in [-0.25, -0.2) is 0 Å². The molecule has 1 aromatic heterocycles. The molecule has 0 spiro atoms. The van der Waals surface area contributed by atoms with Gasteiger partial charge in [0.1, 0.15) is 0 Å². The molecule has 1 amide bonds. The Morgan fingerprint density at radius 2 is 2.09 bits per heavy atom. The molecule has 7 nitrogen and oxygen atoms in total. The van der Waals surface area contributed by atoms with Crippen LogP contribution in [0.15, 0.2) is 24.3 Å². The molecule has 2 fully saturated rings. The third-order valence-corrected chi connectivity index (χ3v) is 7.16. The molecule has 2 heterocycles. The van der Waals surface area contributed by atoms with Crippen LogP contribution in [-0.2, 0) is 27.2 Å². The van der Waals surface area contributed by atoms with Crippen molar-refractivity contribution in [3.05, 3.63) is 35.5 Å². The summed E-state index contributed by atoms with van der Waals surface area (Å²) in [6, 6.07) is 11.0. The normalized spacial score (nSPS) is 18.9. The van der Waals surface area contributed by atoms with E-state index >= 15 is 0 Å². The third-order valence-electron chi connectivity index (χ3n) is 7.16. The summed E-state index contributed by atoms with van der Waals surface area (Å²) in [5.74, 6) is -0.112. The Balaban J connectivity index is 1.36. The lowest BCUT2D eigenvalue weighted by Crippen LogP contribution is -2.51. The van der Waals surface area contributed by atoms with Crippen molar-refractivity contribution in [1.82, 2.24) is 14.8 Å². The van der Waals surface area contributed by atoms with E-state index in [9.17, 15) is 9.59 Å². The fourth-order valence-corrected chi connectivity index (χ4v) is 5.20. The number of H-pyrrole nitrogens is 1. The van der Waals surface area contributed by atoms with Crippen LogP contribution in [-0.4, -0.2) is 64.5 Å². The smallest absolute Gasteiger partial charge is 0.320 e. The first-order chi connectivity index (χ1) is 16.5. The number of hydrogen-bond acceptors (Lipinski definition) is 5. The lowest BCUT2D eigenvalue weighted by Gasteiger charge is -2.33. The molecule has 1 saturated heterocycles. The summed E-state index contributed by atoms with van der Waals surface area (Å²) in [5.41, 5.74) is 3.46. The minimum Gasteiger partial charge on any atom is -0.465 e. The van der Waals surface area contributed by atoms with Crippen molar-refractivity contribution in [3.8, 4) is 6.07 Å². The molecule has 182 valence electrons. The summed E-state index contributed by atoms with van der Waals surface area (Å²) in [4.78, 5) is 33.2. The standard InChI is InChI=1S/C27H36N4O3/c1-3-34-26(32)18-31(24-12-13-24)19(2)27(33)30-15-5-7-23(30)11-10-22-17-21-9-8-20(6-4-14-28)16-25(21)29-22/h8-9,16-17,19,23-24,29H,3-7,10-13,15,18H2,1-2H3/t19?,23-/m0/s1. The highest BCUT2D eigenvalue weighted by Crippen LogP contribution is 2.31. The number of carbonyl (C=O) groups excluding carboxylic acids is 2. The SMILES string of the molecule is CCOC(=O)CN(C1CC1)C(C)C(=O)N1CCC[C@H]1CCc1cc2ccc(CCC#N)cc2[nH]1. The maximum atomic E-state index is 13.4. The Labute approximate surface area is 202 Å². The first-order valence-corrected chi connectivity index (χ1v) is 12.7. The lowest BCUT2D eigenvalue weighted by molar-refractivity contribution is -0.147. The fraction of sp³-hybridized carbons (Fsp3) is 0.593. The molecule has 2 atom stereocenters. The number of nitrogens with zero attached hydrogens (tertiary/aromatic N) is 3. The average molecular weight is 465 g/mol. The zero-order valence-corrected chi connectivity index (χ0v) is 20.4. The van der Waals surface area contributed by atoms with E-state index in [4.69, 9.17) is 10.00 Å². The molecule has 1 N–H and O–H groups in total. The highest BCUT2D eigenvalue weighted by molar-refractivity contribution is 5.83. The van der Waals surface area contributed by atoms with Gasteiger partial charge < -0.3 is 14.6 Å². The topological polar surface area (TPSA) is 89.4 Å². The van der Waals surface area contributed by atoms with Crippen LogP contribution in [0.4, 0.5) is 0 Å². The number of esters is 1. The van der Waals surface area contributed by atoms with Crippen LogP contribution < -0.4 is 0 Å². The second kappa shape index (κ2) is 11.1. The number of aryl methyl sites for hydroxylation is 2. The van der Waals surface area contributed by atoms with E-state index in [0.29, 0.717) is 19.1 Å². The van der Waals surface area contributed by atoms with Crippen LogP contribution in [0.5, 0.6) is 0 Å². The maximum absolute atomic E-state index is 13.4. The van der Waals surface area contributed by atoms with Crippen molar-refractivity contribution in [3.63, 3.8) is 0 Å². The summed E-state index contributed by atoms with van der Waals surface area (Å²) >= 11 is 0. The van der Waals surface area contributed by atoms with Gasteiger partial charge in [0.15, 0.2) is 0 Å². The van der Waals surface area contributed by atoms with Gasteiger partial charge in [-0.2, -0.15) is 5.26 Å². The number of nitriles is 1. The zero-order chi connectivity index (χ0) is 24.1. The Bertz CT molecular complexity index is 1050. The van der Waals surface area contributed by atoms with Gasteiger partial charge >= 0.3 is 5.97 Å². The third kappa shape index (κ3) is 5.79. The summed E-state index contributed by atoms with van der Waals surface area (Å²) < 4.78 is 5.14. The quantitative estimate of drug-likeness (QED) is 0.509. The number of ether oxygens (including phenoxy) is 1. The molecule has 2 aromatic rings. The molecule has 0 bridgehead atoms. The predicted molar refractivity (Wildman–Crippen MR) is 131 cm³/mol. The van der Waals surface area contributed by atoms with Crippen molar-refractivity contribution >= 4 is 22.8 Å². The Morgan fingerprint density at radius 1 is 1.26 bits per heavy atom. The Kier molecular flexibility index (Phi) is 7.89. The van der Waals surface area contributed by atoms with Crippen molar-refractivity contribution in [2.24, 2.45) is 0 Å². The molecular weight excluding hydrogens is 428 g/mol. The predicted octanol–water partition coefficient (Wildman–Crippen LogP) is 3.96. The van der Waals surface area contributed by atoms with E-state index in [0.717, 1.165) is 57.0 Å². The van der Waals surface area contributed by atoms with Gasteiger partial charge in [0.2, 0.25) is 5.91 Å². The molecule has 34 heavy (non-hydrogen) atoms. The van der Waals surface area contributed by atoms with Crippen molar-refractivity contribution in [2.45, 2.75) is 83.3 Å². The molecule has 1 aliphatic carbocycles. The number of amides is 1. The molecular formula is C27H36N4O3. The molecule has 1 saturated carbocycles. The number of carbonyl (C=O) groups is 2. The summed E-state index contributed by atoms with van der Waals surface area (Å²) in [7, 11) is 0. The summed E-state index contributed by atoms with van der Waals surface area (Å²) in [6.45, 7) is 5.10. The minimum atomic E-state index is -0.308. The second-order valence-electron chi connectivity index (χ2n) is 9.63. The Hall–Kier alpha value is -2.85. The van der Waals surface area contributed by atoms with Crippen LogP contribution in [0.3, 0.4) is 0 Å². The van der Waals surface area contributed by atoms with Crippen LogP contribution in [0.2, 0.25) is 0 Å². The first kappa shape index (κ1) is 24.3. The van der Waals surface area contributed by atoms with Gasteiger partial charge in [-0.3, -0.25) is 14.5 Å². The number of aromatic amines is 1. The second-order valence-corrected chi connectivity index (χ2v) is 9.63. The highest BCUT2D eigenvalue weighted by atomic mass is 16.5. The van der Waals surface area contributed by atoms with Gasteiger partial charge in [-0.15, -0.1) is 0 Å². The van der Waals surface area contributed by atoms with E-state index in [1.54, 1.807) is 0 Å². The van der Waals surface area contributed by atoms with Crippen LogP contribution in [0.25, 0.3) is 10.9 Å². The van der Waals surface area contributed by atoms with Gasteiger partial charge in [0, 0.05) is 36.3 Å². The summed E-state index contributed by atoms with van der Waals surface area (Å²) in [5, 5.41) is 10.0. The molecule has 7 heteroatoms. The number of rotatable bonds is 11. The van der Waals surface area contributed by atoms with E-state index in [2.05, 4.69) is 35.3 Å². The molecule has 1 aromatic carbocycles. The average Bonchev–Trinajstić information content (AvgIpc) is 3.42. The molecule has 1 unspecified atom stereocenters. The number of likely N-dealkylation sites (tertiary alicyclic amines) is 1. The largest absolute Gasteiger partial charge is 0.465 e. The molecule has 1 aliphatic heterocycles. The van der Waals surface area contributed by atoms with Crippen LogP contribution >= 0.6 is 0 Å². The van der Waals surface area contributed by atoms with Gasteiger partial charge in [0.05, 0.1) is 25.3 Å². The van der Waals surface area contributed by atoms with Gasteiger partial charge in [-0.1, -0.05) is 12.1 Å². The minimum absolute atomic E-state index is 0.137. The van der Waals surface area contributed by atoms with Crippen LogP contribution in [0, 0.1) is 11.3 Å². The number of fused-ring (bicyclic) bond motifs is 1. The monoisotopic (exact) mass is 464 g/mol. The zero-order valence-electron chi connectivity index (χ0n) is 20.4. The number of benzene rings is 1. The molecule has 2 aliphatic rings. The first-order valence-electron chi connectivity index (χ1n) is 12.7. The Morgan fingerprint density at radius 3 is 2.82 bits per heavy atom. The van der Waals surface area contributed by atoms with E-state index in [-0.39, 0.29) is 30.5 Å². The lowest BCUT2D eigenvalue weighted by atomic mass is 10.1. The summed E-state index contributed by atoms with van der Waals surface area (Å²) in [6.07, 6.45) is 7.25. The molecule has 0 radical (unpaired) electrons. The van der Waals surface area contributed by atoms with E-state index in [1.807, 2.05) is 23.6 Å². The van der Waals surface area contributed by atoms with Gasteiger partial charge in [-0.05, 0) is 81.9 Å². The molecule has 4 rings (SSSR count). The number of hydrogen-bond donors (Lipinski definition) is 1. The van der Waals surface area contributed by atoms with Crippen molar-refractivity contribution in [1.29, 1.82) is 5.26 Å². The van der Waals surface area contributed by atoms with E-state index < -0.39 is 0 Å². The number of aromatic nitrogens is 1. The van der Waals surface area contributed by atoms with Crippen molar-refractivity contribution < 1.29 is 14.3 Å². The van der Waals surface area contributed by atoms with Crippen molar-refractivity contribution in [2.75, 3.05) is 19.7 Å². The maximum Gasteiger partial charge on any atom is 0.320 e. The number of nitrogens with one attached hydrogen (secondary N) is 1. The fourth-order valence-electron chi connectivity index (χ4n) is 5.20. The van der Waals surface area contributed by atoms with Crippen LogP contribution in [0.1, 0.15) is 63.6 Å².